The minimum absolute atomic E-state index is 0.0124. The Morgan fingerprint density at radius 3 is 2.57 bits per heavy atom. The molecule has 2 aliphatic heterocycles. The molecule has 5 nitrogen and oxygen atoms in total. The summed E-state index contributed by atoms with van der Waals surface area (Å²) < 4.78 is 0. The highest BCUT2D eigenvalue weighted by Crippen LogP contribution is 2.49. The first kappa shape index (κ1) is 19.4. The number of fused-ring (bicyclic) bond motifs is 3. The van der Waals surface area contributed by atoms with E-state index in [2.05, 4.69) is 59.7 Å². The molecule has 158 valence electrons. The number of hydrogen-bond donors (Lipinski definition) is 2. The number of hydrogen-bond acceptors (Lipinski definition) is 3. The summed E-state index contributed by atoms with van der Waals surface area (Å²) in [6, 6.07) is 17.4. The number of rotatable bonds is 3. The molecule has 2 aromatic rings. The van der Waals surface area contributed by atoms with Crippen LogP contribution < -0.4 is 10.2 Å². The van der Waals surface area contributed by atoms with Crippen LogP contribution in [0.15, 0.2) is 48.5 Å². The van der Waals surface area contributed by atoms with Crippen LogP contribution in [-0.2, 0) is 0 Å². The maximum Gasteiger partial charge on any atom is 0.318 e. The van der Waals surface area contributed by atoms with E-state index >= 15 is 0 Å². The highest BCUT2D eigenvalue weighted by atomic mass is 16.3. The fraction of sp³-hybridized carbons (Fsp3) is 0.480. The van der Waals surface area contributed by atoms with Crippen LogP contribution in [0.2, 0.25) is 0 Å². The van der Waals surface area contributed by atoms with Crippen molar-refractivity contribution in [2.45, 2.75) is 50.2 Å². The second-order valence-corrected chi connectivity index (χ2v) is 9.02. The summed E-state index contributed by atoms with van der Waals surface area (Å²) in [6.45, 7) is 0.850. The average molecular weight is 406 g/mol. The number of carbonyl (C=O) groups excluding carboxylic acids is 1. The Bertz CT molecular complexity index is 910. The lowest BCUT2D eigenvalue weighted by Gasteiger charge is -2.44. The van der Waals surface area contributed by atoms with Crippen LogP contribution in [0.1, 0.15) is 43.7 Å². The lowest BCUT2D eigenvalue weighted by Crippen LogP contribution is -2.50. The standard InChI is InChI=1S/C25H31N3O2/c1-27-22-12-11-18(17-7-3-2-4-8-17)15-21(22)24-20(23(27)16-29)13-14-28(24)25(30)26-19-9-5-6-10-19/h2-4,7-8,11-12,15,19-20,23-24,29H,5-6,9-10,13-14,16H2,1H3,(H,26,30)/t20-,23+,24-/m1/s1. The molecule has 2 amide bonds. The number of carbonyl (C=O) groups is 1. The molecular weight excluding hydrogens is 374 g/mol. The van der Waals surface area contributed by atoms with Gasteiger partial charge in [0.2, 0.25) is 0 Å². The van der Waals surface area contributed by atoms with Crippen molar-refractivity contribution in [2.24, 2.45) is 5.92 Å². The van der Waals surface area contributed by atoms with E-state index in [0.29, 0.717) is 6.04 Å². The van der Waals surface area contributed by atoms with E-state index in [4.69, 9.17) is 0 Å². The third-order valence-electron chi connectivity index (χ3n) is 7.40. The minimum atomic E-state index is 0.0124. The molecule has 0 radical (unpaired) electrons. The van der Waals surface area contributed by atoms with Gasteiger partial charge in [-0.05, 0) is 48.1 Å². The van der Waals surface area contributed by atoms with Crippen molar-refractivity contribution < 1.29 is 9.90 Å². The van der Waals surface area contributed by atoms with Gasteiger partial charge in [0.25, 0.3) is 0 Å². The number of anilines is 1. The number of nitrogens with zero attached hydrogens (tertiary/aromatic N) is 2. The van der Waals surface area contributed by atoms with Gasteiger partial charge in [0.1, 0.15) is 0 Å². The molecule has 3 aliphatic rings. The fourth-order valence-electron chi connectivity index (χ4n) is 5.82. The Morgan fingerprint density at radius 1 is 1.07 bits per heavy atom. The number of urea groups is 1. The van der Waals surface area contributed by atoms with Crippen molar-refractivity contribution in [3.05, 3.63) is 54.1 Å². The predicted octanol–water partition coefficient (Wildman–Crippen LogP) is 4.18. The van der Waals surface area contributed by atoms with Gasteiger partial charge in [-0.25, -0.2) is 4.79 Å². The topological polar surface area (TPSA) is 55.8 Å². The van der Waals surface area contributed by atoms with Crippen LogP contribution in [-0.4, -0.2) is 48.3 Å². The second kappa shape index (κ2) is 7.95. The third-order valence-corrected chi connectivity index (χ3v) is 7.40. The first-order valence-corrected chi connectivity index (χ1v) is 11.3. The van der Waals surface area contributed by atoms with Crippen LogP contribution in [0.25, 0.3) is 11.1 Å². The molecule has 2 fully saturated rings. The van der Waals surface area contributed by atoms with Gasteiger partial charge in [0.15, 0.2) is 0 Å². The molecule has 2 N–H and O–H groups in total. The van der Waals surface area contributed by atoms with Crippen LogP contribution >= 0.6 is 0 Å². The molecule has 30 heavy (non-hydrogen) atoms. The summed E-state index contributed by atoms with van der Waals surface area (Å²) in [5.74, 6) is 0.243. The van der Waals surface area contributed by atoms with Gasteiger partial charge in [-0.15, -0.1) is 0 Å². The molecular formula is C25H31N3O2. The monoisotopic (exact) mass is 405 g/mol. The van der Waals surface area contributed by atoms with E-state index in [9.17, 15) is 9.90 Å². The molecule has 0 bridgehead atoms. The molecule has 1 aliphatic carbocycles. The molecule has 2 aromatic carbocycles. The number of benzene rings is 2. The van der Waals surface area contributed by atoms with Gasteiger partial charge in [0, 0.05) is 31.2 Å². The summed E-state index contributed by atoms with van der Waals surface area (Å²) in [5, 5.41) is 13.4. The van der Waals surface area contributed by atoms with Gasteiger partial charge in [-0.3, -0.25) is 0 Å². The van der Waals surface area contributed by atoms with Gasteiger partial charge in [-0.2, -0.15) is 0 Å². The lowest BCUT2D eigenvalue weighted by molar-refractivity contribution is 0.158. The van der Waals surface area contributed by atoms with Gasteiger partial charge < -0.3 is 20.2 Å². The number of aliphatic hydroxyl groups excluding tert-OH is 1. The van der Waals surface area contributed by atoms with E-state index < -0.39 is 0 Å². The summed E-state index contributed by atoms with van der Waals surface area (Å²) in [6.07, 6.45) is 5.51. The summed E-state index contributed by atoms with van der Waals surface area (Å²) in [7, 11) is 2.07. The van der Waals surface area contributed by atoms with Gasteiger partial charge in [-0.1, -0.05) is 49.2 Å². The van der Waals surface area contributed by atoms with Crippen molar-refractivity contribution >= 4 is 11.7 Å². The molecule has 0 unspecified atom stereocenters. The number of aliphatic hydroxyl groups is 1. The maximum absolute atomic E-state index is 13.2. The molecule has 3 atom stereocenters. The van der Waals surface area contributed by atoms with E-state index in [1.54, 1.807) is 0 Å². The Hall–Kier alpha value is -2.53. The average Bonchev–Trinajstić information content (AvgIpc) is 3.44. The smallest absolute Gasteiger partial charge is 0.318 e. The zero-order valence-electron chi connectivity index (χ0n) is 17.6. The first-order valence-electron chi connectivity index (χ1n) is 11.3. The van der Waals surface area contributed by atoms with Crippen molar-refractivity contribution in [1.29, 1.82) is 0 Å². The third kappa shape index (κ3) is 3.25. The normalized spacial score (nSPS) is 25.9. The van der Waals surface area contributed by atoms with E-state index in [1.807, 2.05) is 11.0 Å². The number of amides is 2. The summed E-state index contributed by atoms with van der Waals surface area (Å²) in [4.78, 5) is 17.5. The summed E-state index contributed by atoms with van der Waals surface area (Å²) >= 11 is 0. The Balaban J connectivity index is 1.52. The minimum Gasteiger partial charge on any atom is -0.394 e. The molecule has 0 spiro atoms. The number of likely N-dealkylation sites (tertiary alicyclic amines) is 1. The molecule has 1 saturated carbocycles. The zero-order valence-corrected chi connectivity index (χ0v) is 17.6. The lowest BCUT2D eigenvalue weighted by atomic mass is 9.81. The Morgan fingerprint density at radius 2 is 1.83 bits per heavy atom. The first-order chi connectivity index (χ1) is 14.7. The van der Waals surface area contributed by atoms with Crippen LogP contribution in [0.4, 0.5) is 10.5 Å². The van der Waals surface area contributed by atoms with Gasteiger partial charge >= 0.3 is 6.03 Å². The molecule has 1 saturated heterocycles. The Kier molecular flexibility index (Phi) is 5.15. The highest BCUT2D eigenvalue weighted by molar-refractivity contribution is 5.78. The SMILES string of the molecule is CN1c2ccc(-c3ccccc3)cc2[C@H]2[C@H](CCN2C(=O)NC2CCCC2)[C@@H]1CO. The van der Waals surface area contributed by atoms with Crippen molar-refractivity contribution in [3.8, 4) is 11.1 Å². The van der Waals surface area contributed by atoms with Crippen molar-refractivity contribution in [1.82, 2.24) is 10.2 Å². The largest absolute Gasteiger partial charge is 0.394 e. The number of likely N-dealkylation sites (N-methyl/N-ethyl adjacent to an activating group) is 1. The quantitative estimate of drug-likeness (QED) is 0.805. The maximum atomic E-state index is 13.2. The summed E-state index contributed by atoms with van der Waals surface area (Å²) in [5.41, 5.74) is 4.68. The Labute approximate surface area is 178 Å². The fourth-order valence-corrected chi connectivity index (χ4v) is 5.82. The van der Waals surface area contributed by atoms with E-state index in [-0.39, 0.29) is 30.6 Å². The molecule has 0 aromatic heterocycles. The molecule has 5 rings (SSSR count). The van der Waals surface area contributed by atoms with Crippen LogP contribution in [0.3, 0.4) is 0 Å². The predicted molar refractivity (Wildman–Crippen MR) is 119 cm³/mol. The second-order valence-electron chi connectivity index (χ2n) is 9.02. The van der Waals surface area contributed by atoms with E-state index in [0.717, 1.165) is 31.5 Å². The van der Waals surface area contributed by atoms with E-state index in [1.165, 1.54) is 29.5 Å². The molecule has 2 heterocycles. The van der Waals surface area contributed by atoms with Crippen LogP contribution in [0, 0.1) is 5.92 Å². The van der Waals surface area contributed by atoms with Gasteiger partial charge in [0.05, 0.1) is 18.7 Å². The highest BCUT2D eigenvalue weighted by Gasteiger charge is 2.47. The zero-order chi connectivity index (χ0) is 20.7. The van der Waals surface area contributed by atoms with Crippen LogP contribution in [0.5, 0.6) is 0 Å². The van der Waals surface area contributed by atoms with Crippen molar-refractivity contribution in [2.75, 3.05) is 25.1 Å². The number of nitrogens with one attached hydrogen (secondary N) is 1. The molecule has 5 heteroatoms. The van der Waals surface area contributed by atoms with Crippen molar-refractivity contribution in [3.63, 3.8) is 0 Å².